The zero-order valence-electron chi connectivity index (χ0n) is 13.1. The molecule has 0 bridgehead atoms. The largest absolute Gasteiger partial charge is 0.465 e. The van der Waals surface area contributed by atoms with Gasteiger partial charge in [0.2, 0.25) is 0 Å². The summed E-state index contributed by atoms with van der Waals surface area (Å²) in [6.07, 6.45) is 8.26. The third-order valence-corrected chi connectivity index (χ3v) is 3.40. The first-order valence-electron chi connectivity index (χ1n) is 7.97. The van der Waals surface area contributed by atoms with E-state index in [4.69, 9.17) is 9.47 Å². The number of esters is 1. The maximum atomic E-state index is 11.6. The van der Waals surface area contributed by atoms with Crippen molar-refractivity contribution in [3.63, 3.8) is 0 Å². The summed E-state index contributed by atoms with van der Waals surface area (Å²) in [6, 6.07) is 0. The average molecular weight is 272 g/mol. The third-order valence-electron chi connectivity index (χ3n) is 3.40. The molecule has 0 radical (unpaired) electrons. The van der Waals surface area contributed by atoms with Gasteiger partial charge in [-0.05, 0) is 32.1 Å². The van der Waals surface area contributed by atoms with Crippen LogP contribution in [0.5, 0.6) is 0 Å². The highest BCUT2D eigenvalue weighted by Gasteiger charge is 2.09. The molecule has 0 aliphatic carbocycles. The molecule has 0 aliphatic heterocycles. The predicted molar refractivity (Wildman–Crippen MR) is 79.2 cm³/mol. The van der Waals surface area contributed by atoms with Crippen LogP contribution in [0.2, 0.25) is 0 Å². The van der Waals surface area contributed by atoms with Crippen LogP contribution in [-0.4, -0.2) is 25.8 Å². The van der Waals surface area contributed by atoms with E-state index in [1.165, 1.54) is 19.3 Å². The molecule has 19 heavy (non-hydrogen) atoms. The molecule has 0 saturated carbocycles. The molecule has 0 aromatic heterocycles. The Kier molecular flexibility index (Phi) is 13.4. The zero-order chi connectivity index (χ0) is 14.3. The van der Waals surface area contributed by atoms with Gasteiger partial charge in [0, 0.05) is 19.6 Å². The monoisotopic (exact) mass is 272 g/mol. The minimum absolute atomic E-state index is 0.0358. The van der Waals surface area contributed by atoms with Crippen LogP contribution in [0.1, 0.15) is 72.1 Å². The molecule has 0 spiro atoms. The molecule has 3 heteroatoms. The molecule has 0 aromatic carbocycles. The van der Waals surface area contributed by atoms with E-state index in [-0.39, 0.29) is 5.97 Å². The summed E-state index contributed by atoms with van der Waals surface area (Å²) in [4.78, 5) is 11.6. The van der Waals surface area contributed by atoms with Crippen molar-refractivity contribution in [1.82, 2.24) is 0 Å². The molecule has 1 unspecified atom stereocenters. The van der Waals surface area contributed by atoms with Crippen LogP contribution in [0.25, 0.3) is 0 Å². The minimum Gasteiger partial charge on any atom is -0.465 e. The Labute approximate surface area is 119 Å². The smallest absolute Gasteiger partial charge is 0.305 e. The van der Waals surface area contributed by atoms with Crippen LogP contribution in [0.15, 0.2) is 0 Å². The number of rotatable bonds is 13. The molecule has 0 N–H and O–H groups in total. The molecule has 0 saturated heterocycles. The van der Waals surface area contributed by atoms with Crippen molar-refractivity contribution in [3.8, 4) is 0 Å². The van der Waals surface area contributed by atoms with Gasteiger partial charge in [-0.2, -0.15) is 0 Å². The minimum atomic E-state index is -0.0358. The van der Waals surface area contributed by atoms with Crippen molar-refractivity contribution in [3.05, 3.63) is 0 Å². The summed E-state index contributed by atoms with van der Waals surface area (Å²) < 4.78 is 10.6. The van der Waals surface area contributed by atoms with Crippen LogP contribution < -0.4 is 0 Å². The van der Waals surface area contributed by atoms with Crippen molar-refractivity contribution >= 4 is 5.97 Å². The highest BCUT2D eigenvalue weighted by molar-refractivity contribution is 5.69. The zero-order valence-corrected chi connectivity index (χ0v) is 13.1. The fraction of sp³-hybridized carbons (Fsp3) is 0.938. The fourth-order valence-electron chi connectivity index (χ4n) is 1.98. The molecule has 114 valence electrons. The highest BCUT2D eigenvalue weighted by atomic mass is 16.5. The van der Waals surface area contributed by atoms with Crippen molar-refractivity contribution in [1.29, 1.82) is 0 Å². The van der Waals surface area contributed by atoms with Crippen LogP contribution in [0.4, 0.5) is 0 Å². The van der Waals surface area contributed by atoms with Gasteiger partial charge in [-0.3, -0.25) is 4.79 Å². The molecular weight excluding hydrogens is 240 g/mol. The Morgan fingerprint density at radius 1 is 1.05 bits per heavy atom. The van der Waals surface area contributed by atoms with E-state index < -0.39 is 0 Å². The average Bonchev–Trinajstić information content (AvgIpc) is 2.43. The van der Waals surface area contributed by atoms with Gasteiger partial charge in [0.15, 0.2) is 0 Å². The van der Waals surface area contributed by atoms with Crippen LogP contribution >= 0.6 is 0 Å². The molecular formula is C16H32O3. The lowest BCUT2D eigenvalue weighted by Crippen LogP contribution is -2.13. The van der Waals surface area contributed by atoms with Crippen molar-refractivity contribution in [2.75, 3.05) is 19.8 Å². The molecule has 0 aromatic rings. The number of hydrogen-bond acceptors (Lipinski definition) is 3. The molecule has 1 atom stereocenters. The van der Waals surface area contributed by atoms with E-state index in [1.807, 2.05) is 6.92 Å². The van der Waals surface area contributed by atoms with Gasteiger partial charge >= 0.3 is 5.97 Å². The van der Waals surface area contributed by atoms with E-state index >= 15 is 0 Å². The number of ether oxygens (including phenoxy) is 2. The number of unbranched alkanes of at least 4 members (excludes halogenated alkanes) is 3. The fourth-order valence-corrected chi connectivity index (χ4v) is 1.98. The van der Waals surface area contributed by atoms with Crippen LogP contribution in [0.3, 0.4) is 0 Å². The van der Waals surface area contributed by atoms with Gasteiger partial charge in [0.25, 0.3) is 0 Å². The van der Waals surface area contributed by atoms with Crippen molar-refractivity contribution in [2.45, 2.75) is 72.1 Å². The van der Waals surface area contributed by atoms with Crippen molar-refractivity contribution < 1.29 is 14.3 Å². The first-order valence-corrected chi connectivity index (χ1v) is 7.97. The molecule has 0 rings (SSSR count). The van der Waals surface area contributed by atoms with Gasteiger partial charge in [-0.25, -0.2) is 0 Å². The predicted octanol–water partition coefficient (Wildman–Crippen LogP) is 4.34. The Bertz CT molecular complexity index is 204. The van der Waals surface area contributed by atoms with Crippen LogP contribution in [-0.2, 0) is 14.3 Å². The van der Waals surface area contributed by atoms with E-state index in [2.05, 4.69) is 13.8 Å². The topological polar surface area (TPSA) is 35.5 Å². The number of carbonyl (C=O) groups is 1. The Balaban J connectivity index is 3.46. The lowest BCUT2D eigenvalue weighted by molar-refractivity contribution is -0.145. The summed E-state index contributed by atoms with van der Waals surface area (Å²) in [5, 5.41) is 0. The number of hydrogen-bond donors (Lipinski definition) is 0. The SMILES string of the molecule is CCCCC(CC)COC(=O)CCCCCOCC. The number of carbonyl (C=O) groups excluding carboxylic acids is 1. The first-order chi connectivity index (χ1) is 9.24. The quantitative estimate of drug-likeness (QED) is 0.369. The summed E-state index contributed by atoms with van der Waals surface area (Å²) in [6.45, 7) is 8.55. The summed E-state index contributed by atoms with van der Waals surface area (Å²) in [5.41, 5.74) is 0. The Hall–Kier alpha value is -0.570. The molecule has 0 heterocycles. The highest BCUT2D eigenvalue weighted by Crippen LogP contribution is 2.13. The Morgan fingerprint density at radius 2 is 1.84 bits per heavy atom. The molecule has 0 fully saturated rings. The van der Waals surface area contributed by atoms with Gasteiger partial charge in [-0.15, -0.1) is 0 Å². The summed E-state index contributed by atoms with van der Waals surface area (Å²) >= 11 is 0. The Morgan fingerprint density at radius 3 is 2.47 bits per heavy atom. The van der Waals surface area contributed by atoms with Gasteiger partial charge in [0.05, 0.1) is 6.61 Å². The third kappa shape index (κ3) is 12.2. The summed E-state index contributed by atoms with van der Waals surface area (Å²) in [7, 11) is 0. The maximum Gasteiger partial charge on any atom is 0.305 e. The molecule has 0 amide bonds. The lowest BCUT2D eigenvalue weighted by Gasteiger charge is -2.14. The van der Waals surface area contributed by atoms with E-state index in [9.17, 15) is 4.79 Å². The van der Waals surface area contributed by atoms with E-state index in [0.29, 0.717) is 18.9 Å². The van der Waals surface area contributed by atoms with Crippen LogP contribution in [0, 0.1) is 5.92 Å². The normalized spacial score (nSPS) is 12.4. The second-order valence-corrected chi connectivity index (χ2v) is 5.11. The molecule has 0 aliphatic rings. The van der Waals surface area contributed by atoms with Gasteiger partial charge in [0.1, 0.15) is 0 Å². The van der Waals surface area contributed by atoms with E-state index in [0.717, 1.165) is 38.9 Å². The van der Waals surface area contributed by atoms with Crippen molar-refractivity contribution in [2.24, 2.45) is 5.92 Å². The summed E-state index contributed by atoms with van der Waals surface area (Å²) in [5.74, 6) is 0.508. The standard InChI is InChI=1S/C16H32O3/c1-4-7-11-15(5-2)14-19-16(17)12-9-8-10-13-18-6-3/h15H,4-14H2,1-3H3. The van der Waals surface area contributed by atoms with Gasteiger partial charge in [-0.1, -0.05) is 39.5 Å². The lowest BCUT2D eigenvalue weighted by atomic mass is 10.0. The van der Waals surface area contributed by atoms with Gasteiger partial charge < -0.3 is 9.47 Å². The van der Waals surface area contributed by atoms with E-state index in [1.54, 1.807) is 0 Å². The first kappa shape index (κ1) is 18.4. The molecule has 3 nitrogen and oxygen atoms in total. The second kappa shape index (κ2) is 13.9. The second-order valence-electron chi connectivity index (χ2n) is 5.11. The maximum absolute atomic E-state index is 11.6.